The standard InChI is InChI=1S/C14H22N2O2/c1-10(2)11-12(17-3)16-14(13(15-11)18-4)8-6-5-7-9-14/h5-6,10-11H,7-9H2,1-4H3/t11-,14-/m1/s1. The highest BCUT2D eigenvalue weighted by Crippen LogP contribution is 2.34. The quantitative estimate of drug-likeness (QED) is 0.671. The van der Waals surface area contributed by atoms with Crippen LogP contribution in [0, 0.1) is 5.92 Å². The zero-order valence-electron chi connectivity index (χ0n) is 11.6. The maximum absolute atomic E-state index is 5.51. The van der Waals surface area contributed by atoms with Crippen molar-refractivity contribution in [3.8, 4) is 0 Å². The van der Waals surface area contributed by atoms with E-state index in [-0.39, 0.29) is 11.6 Å². The maximum atomic E-state index is 5.51. The molecule has 0 bridgehead atoms. The molecule has 0 N–H and O–H groups in total. The summed E-state index contributed by atoms with van der Waals surface area (Å²) >= 11 is 0. The van der Waals surface area contributed by atoms with Crippen molar-refractivity contribution in [3.63, 3.8) is 0 Å². The SMILES string of the molecule is COC1=N[C@@]2(CC=CCC2)C(OC)=N[C@@H]1C(C)C. The van der Waals surface area contributed by atoms with Crippen molar-refractivity contribution >= 4 is 11.8 Å². The van der Waals surface area contributed by atoms with E-state index >= 15 is 0 Å². The lowest BCUT2D eigenvalue weighted by molar-refractivity contribution is 0.295. The van der Waals surface area contributed by atoms with Gasteiger partial charge in [0.25, 0.3) is 0 Å². The number of allylic oxidation sites excluding steroid dienone is 1. The number of ether oxygens (including phenoxy) is 2. The minimum atomic E-state index is -0.333. The topological polar surface area (TPSA) is 43.2 Å². The van der Waals surface area contributed by atoms with Crippen LogP contribution in [0.4, 0.5) is 0 Å². The van der Waals surface area contributed by atoms with Crippen LogP contribution in [0.3, 0.4) is 0 Å². The van der Waals surface area contributed by atoms with Gasteiger partial charge in [-0.1, -0.05) is 26.0 Å². The Morgan fingerprint density at radius 2 is 2.06 bits per heavy atom. The molecule has 0 saturated heterocycles. The fourth-order valence-electron chi connectivity index (χ4n) is 2.59. The second kappa shape index (κ2) is 5.12. The Hall–Kier alpha value is -1.32. The van der Waals surface area contributed by atoms with E-state index in [1.54, 1.807) is 14.2 Å². The van der Waals surface area contributed by atoms with Crippen LogP contribution >= 0.6 is 0 Å². The fourth-order valence-corrected chi connectivity index (χ4v) is 2.59. The number of aliphatic imine (C=N–C) groups is 2. The third-order valence-corrected chi connectivity index (χ3v) is 3.61. The van der Waals surface area contributed by atoms with Gasteiger partial charge in [0.2, 0.25) is 11.8 Å². The van der Waals surface area contributed by atoms with E-state index in [0.717, 1.165) is 31.1 Å². The molecule has 4 nitrogen and oxygen atoms in total. The Morgan fingerprint density at radius 1 is 1.28 bits per heavy atom. The molecule has 0 aromatic rings. The first kappa shape index (κ1) is 13.1. The summed E-state index contributed by atoms with van der Waals surface area (Å²) < 4.78 is 11.0. The molecule has 2 rings (SSSR count). The highest BCUT2D eigenvalue weighted by Gasteiger charge is 2.43. The van der Waals surface area contributed by atoms with Gasteiger partial charge in [0.05, 0.1) is 14.2 Å². The van der Waals surface area contributed by atoms with E-state index in [2.05, 4.69) is 26.0 Å². The molecule has 0 aromatic carbocycles. The Labute approximate surface area is 109 Å². The predicted octanol–water partition coefficient (Wildman–Crippen LogP) is 2.59. The molecule has 1 aliphatic carbocycles. The molecule has 18 heavy (non-hydrogen) atoms. The monoisotopic (exact) mass is 250 g/mol. The molecular weight excluding hydrogens is 228 g/mol. The molecule has 0 radical (unpaired) electrons. The third-order valence-electron chi connectivity index (χ3n) is 3.61. The van der Waals surface area contributed by atoms with Gasteiger partial charge in [-0.15, -0.1) is 0 Å². The van der Waals surface area contributed by atoms with Crippen LogP contribution in [0.15, 0.2) is 22.1 Å². The zero-order valence-corrected chi connectivity index (χ0v) is 11.6. The summed E-state index contributed by atoms with van der Waals surface area (Å²) in [6.45, 7) is 4.24. The van der Waals surface area contributed by atoms with Gasteiger partial charge in [-0.3, -0.25) is 0 Å². The van der Waals surface area contributed by atoms with Gasteiger partial charge in [-0.25, -0.2) is 9.98 Å². The summed E-state index contributed by atoms with van der Waals surface area (Å²) in [4.78, 5) is 9.57. The number of rotatable bonds is 1. The second-order valence-electron chi connectivity index (χ2n) is 5.23. The smallest absolute Gasteiger partial charge is 0.213 e. The molecule has 1 spiro atoms. The van der Waals surface area contributed by atoms with Gasteiger partial charge < -0.3 is 9.47 Å². The minimum absolute atomic E-state index is 0.0264. The normalized spacial score (nSPS) is 31.3. The summed E-state index contributed by atoms with van der Waals surface area (Å²) in [5, 5.41) is 0. The van der Waals surface area contributed by atoms with Crippen LogP contribution in [-0.2, 0) is 9.47 Å². The van der Waals surface area contributed by atoms with Gasteiger partial charge in [-0.05, 0) is 25.2 Å². The van der Waals surface area contributed by atoms with Gasteiger partial charge in [0.15, 0.2) is 0 Å². The van der Waals surface area contributed by atoms with Crippen molar-refractivity contribution in [2.75, 3.05) is 14.2 Å². The van der Waals surface area contributed by atoms with Gasteiger partial charge >= 0.3 is 0 Å². The molecule has 4 heteroatoms. The molecule has 0 amide bonds. The lowest BCUT2D eigenvalue weighted by Gasteiger charge is -2.36. The first-order valence-corrected chi connectivity index (χ1v) is 6.54. The molecule has 1 aliphatic heterocycles. The first-order chi connectivity index (χ1) is 8.63. The molecule has 0 fully saturated rings. The highest BCUT2D eigenvalue weighted by molar-refractivity contribution is 5.97. The molecule has 0 unspecified atom stereocenters. The molecule has 0 saturated carbocycles. The number of nitrogens with zero attached hydrogens (tertiary/aromatic N) is 2. The lowest BCUT2D eigenvalue weighted by Crippen LogP contribution is -2.47. The van der Waals surface area contributed by atoms with Crippen LogP contribution in [0.1, 0.15) is 33.1 Å². The van der Waals surface area contributed by atoms with Crippen molar-refractivity contribution in [1.82, 2.24) is 0 Å². The van der Waals surface area contributed by atoms with E-state index in [4.69, 9.17) is 19.5 Å². The largest absolute Gasteiger partial charge is 0.483 e. The molecule has 2 atom stereocenters. The van der Waals surface area contributed by atoms with E-state index in [9.17, 15) is 0 Å². The zero-order chi connectivity index (χ0) is 13.2. The predicted molar refractivity (Wildman–Crippen MR) is 73.2 cm³/mol. The Balaban J connectivity index is 2.39. The Morgan fingerprint density at radius 3 is 2.56 bits per heavy atom. The maximum Gasteiger partial charge on any atom is 0.213 e. The van der Waals surface area contributed by atoms with Gasteiger partial charge in [0, 0.05) is 0 Å². The van der Waals surface area contributed by atoms with E-state index < -0.39 is 0 Å². The summed E-state index contributed by atoms with van der Waals surface area (Å²) in [6, 6.07) is -0.0264. The molecule has 0 aromatic heterocycles. The summed E-state index contributed by atoms with van der Waals surface area (Å²) in [5.74, 6) is 1.85. The van der Waals surface area contributed by atoms with Crippen molar-refractivity contribution in [2.24, 2.45) is 15.9 Å². The summed E-state index contributed by atoms with van der Waals surface area (Å²) in [7, 11) is 3.36. The Bertz CT molecular complexity index is 399. The van der Waals surface area contributed by atoms with Crippen molar-refractivity contribution in [3.05, 3.63) is 12.2 Å². The second-order valence-corrected chi connectivity index (χ2v) is 5.23. The van der Waals surface area contributed by atoms with Crippen LogP contribution in [0.5, 0.6) is 0 Å². The van der Waals surface area contributed by atoms with E-state index in [0.29, 0.717) is 5.92 Å². The summed E-state index contributed by atoms with van der Waals surface area (Å²) in [6.07, 6.45) is 7.14. The van der Waals surface area contributed by atoms with E-state index in [1.165, 1.54) is 0 Å². The van der Waals surface area contributed by atoms with Gasteiger partial charge in [0.1, 0.15) is 11.6 Å². The average molecular weight is 250 g/mol. The van der Waals surface area contributed by atoms with Crippen LogP contribution in [0.2, 0.25) is 0 Å². The number of hydrogen-bond donors (Lipinski definition) is 0. The molecule has 2 aliphatic rings. The minimum Gasteiger partial charge on any atom is -0.483 e. The van der Waals surface area contributed by atoms with Gasteiger partial charge in [-0.2, -0.15) is 0 Å². The van der Waals surface area contributed by atoms with Crippen LogP contribution in [-0.4, -0.2) is 37.6 Å². The fraction of sp³-hybridized carbons (Fsp3) is 0.714. The van der Waals surface area contributed by atoms with Crippen LogP contribution in [0.25, 0.3) is 0 Å². The number of hydrogen-bond acceptors (Lipinski definition) is 4. The van der Waals surface area contributed by atoms with Crippen molar-refractivity contribution < 1.29 is 9.47 Å². The average Bonchev–Trinajstić information content (AvgIpc) is 2.39. The van der Waals surface area contributed by atoms with E-state index in [1.807, 2.05) is 0 Å². The van der Waals surface area contributed by atoms with Crippen molar-refractivity contribution in [2.45, 2.75) is 44.7 Å². The lowest BCUT2D eigenvalue weighted by atomic mass is 9.84. The molecular formula is C14H22N2O2. The van der Waals surface area contributed by atoms with Crippen LogP contribution < -0.4 is 0 Å². The molecule has 100 valence electrons. The first-order valence-electron chi connectivity index (χ1n) is 6.54. The number of methoxy groups -OCH3 is 2. The molecule has 1 heterocycles. The highest BCUT2D eigenvalue weighted by atomic mass is 16.5. The van der Waals surface area contributed by atoms with Crippen molar-refractivity contribution in [1.29, 1.82) is 0 Å². The Kier molecular flexibility index (Phi) is 3.73. The summed E-state index contributed by atoms with van der Waals surface area (Å²) in [5.41, 5.74) is -0.333. The third kappa shape index (κ3) is 2.16.